The molecule has 1 rings (SSSR count). The van der Waals surface area contributed by atoms with Gasteiger partial charge in [0.05, 0.1) is 6.10 Å². The van der Waals surface area contributed by atoms with Crippen LogP contribution in [-0.4, -0.2) is 11.2 Å². The van der Waals surface area contributed by atoms with Gasteiger partial charge in [-0.1, -0.05) is 44.8 Å². The zero-order chi connectivity index (χ0) is 10.2. The molecule has 0 aliphatic heterocycles. The molecule has 0 amide bonds. The second-order valence-electron chi connectivity index (χ2n) is 4.44. The summed E-state index contributed by atoms with van der Waals surface area (Å²) in [6.07, 6.45) is 14.4. The van der Waals surface area contributed by atoms with Crippen LogP contribution in [0.4, 0.5) is 0 Å². The van der Waals surface area contributed by atoms with Gasteiger partial charge in [-0.05, 0) is 25.7 Å². The Morgan fingerprint density at radius 2 is 2.07 bits per heavy atom. The van der Waals surface area contributed by atoms with E-state index in [1.54, 1.807) is 0 Å². The highest BCUT2D eigenvalue weighted by atomic mass is 16.3. The highest BCUT2D eigenvalue weighted by molar-refractivity contribution is 4.94. The quantitative estimate of drug-likeness (QED) is 0.507. The van der Waals surface area contributed by atoms with Crippen molar-refractivity contribution in [1.82, 2.24) is 0 Å². The summed E-state index contributed by atoms with van der Waals surface area (Å²) >= 11 is 0. The fourth-order valence-corrected chi connectivity index (χ4v) is 2.15. The Hall–Kier alpha value is -0.300. The molecule has 2 unspecified atom stereocenters. The number of allylic oxidation sites excluding steroid dienone is 1. The molecule has 1 saturated carbocycles. The molecule has 1 aliphatic rings. The zero-order valence-electron chi connectivity index (χ0n) is 9.41. The van der Waals surface area contributed by atoms with Crippen LogP contribution in [0.3, 0.4) is 0 Å². The van der Waals surface area contributed by atoms with Crippen molar-refractivity contribution in [2.24, 2.45) is 5.92 Å². The first-order valence-electron chi connectivity index (χ1n) is 6.19. The first kappa shape index (κ1) is 11.8. The Labute approximate surface area is 88.2 Å². The van der Waals surface area contributed by atoms with E-state index in [0.717, 1.165) is 6.42 Å². The number of aliphatic hydroxyl groups is 1. The van der Waals surface area contributed by atoms with Gasteiger partial charge in [0.1, 0.15) is 0 Å². The molecule has 0 aromatic carbocycles. The first-order chi connectivity index (χ1) is 6.84. The average molecular weight is 196 g/mol. The summed E-state index contributed by atoms with van der Waals surface area (Å²) in [5.74, 6) is 0.459. The predicted octanol–water partition coefficient (Wildman–Crippen LogP) is 3.67. The summed E-state index contributed by atoms with van der Waals surface area (Å²) in [4.78, 5) is 0. The number of unbranched alkanes of at least 4 members (excludes halogenated alkanes) is 4. The highest BCUT2D eigenvalue weighted by Crippen LogP contribution is 2.26. The van der Waals surface area contributed by atoms with E-state index in [0.29, 0.717) is 5.92 Å². The Bertz CT molecular complexity index is 163. The van der Waals surface area contributed by atoms with Gasteiger partial charge in [0.15, 0.2) is 0 Å². The molecule has 1 fully saturated rings. The molecule has 0 saturated heterocycles. The molecular formula is C13H24O. The maximum Gasteiger partial charge on any atom is 0.0602 e. The summed E-state index contributed by atoms with van der Waals surface area (Å²) < 4.78 is 0. The van der Waals surface area contributed by atoms with Crippen molar-refractivity contribution >= 4 is 0 Å². The fraction of sp³-hybridized carbons (Fsp3) is 0.846. The Balaban J connectivity index is 2.02. The van der Waals surface area contributed by atoms with E-state index in [2.05, 4.69) is 19.1 Å². The van der Waals surface area contributed by atoms with Crippen molar-refractivity contribution < 1.29 is 5.11 Å². The monoisotopic (exact) mass is 196 g/mol. The Morgan fingerprint density at radius 1 is 1.21 bits per heavy atom. The number of hydrogen-bond donors (Lipinski definition) is 1. The minimum atomic E-state index is -0.0538. The molecule has 0 spiro atoms. The second-order valence-corrected chi connectivity index (χ2v) is 4.44. The molecule has 14 heavy (non-hydrogen) atoms. The van der Waals surface area contributed by atoms with E-state index in [1.165, 1.54) is 44.9 Å². The van der Waals surface area contributed by atoms with Gasteiger partial charge in [-0.2, -0.15) is 0 Å². The van der Waals surface area contributed by atoms with Crippen molar-refractivity contribution in [1.29, 1.82) is 0 Å². The van der Waals surface area contributed by atoms with E-state index in [9.17, 15) is 5.11 Å². The summed E-state index contributed by atoms with van der Waals surface area (Å²) in [6, 6.07) is 0. The maximum atomic E-state index is 9.58. The molecule has 1 N–H and O–H groups in total. The Morgan fingerprint density at radius 3 is 2.71 bits per heavy atom. The smallest absolute Gasteiger partial charge is 0.0602 e. The van der Waals surface area contributed by atoms with E-state index >= 15 is 0 Å². The molecular weight excluding hydrogens is 172 g/mol. The third kappa shape index (κ3) is 4.28. The predicted molar refractivity (Wildman–Crippen MR) is 61.2 cm³/mol. The van der Waals surface area contributed by atoms with Gasteiger partial charge in [0.25, 0.3) is 0 Å². The molecule has 0 bridgehead atoms. The maximum absolute atomic E-state index is 9.58. The third-order valence-electron chi connectivity index (χ3n) is 3.14. The lowest BCUT2D eigenvalue weighted by Crippen LogP contribution is -2.09. The average Bonchev–Trinajstić information content (AvgIpc) is 2.58. The van der Waals surface area contributed by atoms with Gasteiger partial charge in [-0.3, -0.25) is 0 Å². The number of rotatable bonds is 6. The lowest BCUT2D eigenvalue weighted by Gasteiger charge is -2.07. The van der Waals surface area contributed by atoms with Crippen molar-refractivity contribution in [2.45, 2.75) is 64.4 Å². The van der Waals surface area contributed by atoms with Crippen LogP contribution >= 0.6 is 0 Å². The van der Waals surface area contributed by atoms with Crippen molar-refractivity contribution in [2.75, 3.05) is 0 Å². The standard InChI is InChI=1S/C13H24O/c1-2-3-4-5-6-7-9-12-10-8-11-13(12)14/h7,9,12-14H,2-6,8,10-11H2,1H3/b9-7+. The van der Waals surface area contributed by atoms with Crippen LogP contribution in [0.1, 0.15) is 58.3 Å². The van der Waals surface area contributed by atoms with Gasteiger partial charge in [0, 0.05) is 5.92 Å². The Kier molecular flexibility index (Phi) is 5.93. The lowest BCUT2D eigenvalue weighted by molar-refractivity contribution is 0.153. The van der Waals surface area contributed by atoms with E-state index in [4.69, 9.17) is 0 Å². The largest absolute Gasteiger partial charge is 0.393 e. The van der Waals surface area contributed by atoms with Gasteiger partial charge in [-0.15, -0.1) is 0 Å². The van der Waals surface area contributed by atoms with Crippen LogP contribution in [0.25, 0.3) is 0 Å². The zero-order valence-corrected chi connectivity index (χ0v) is 9.41. The molecule has 0 aromatic rings. The minimum Gasteiger partial charge on any atom is -0.393 e. The van der Waals surface area contributed by atoms with Crippen LogP contribution in [0.15, 0.2) is 12.2 Å². The first-order valence-corrected chi connectivity index (χ1v) is 6.19. The molecule has 0 heterocycles. The second kappa shape index (κ2) is 7.05. The summed E-state index contributed by atoms with van der Waals surface area (Å²) in [6.45, 7) is 2.24. The van der Waals surface area contributed by atoms with Gasteiger partial charge >= 0.3 is 0 Å². The van der Waals surface area contributed by atoms with Crippen LogP contribution in [0, 0.1) is 5.92 Å². The summed E-state index contributed by atoms with van der Waals surface area (Å²) in [5.41, 5.74) is 0. The molecule has 1 nitrogen and oxygen atoms in total. The SMILES string of the molecule is CCCCCC/C=C/C1CCCC1O. The van der Waals surface area contributed by atoms with E-state index in [1.807, 2.05) is 0 Å². The summed E-state index contributed by atoms with van der Waals surface area (Å²) in [5, 5.41) is 9.58. The van der Waals surface area contributed by atoms with Crippen LogP contribution in [0.5, 0.6) is 0 Å². The number of aliphatic hydroxyl groups excluding tert-OH is 1. The summed E-state index contributed by atoms with van der Waals surface area (Å²) in [7, 11) is 0. The third-order valence-corrected chi connectivity index (χ3v) is 3.14. The van der Waals surface area contributed by atoms with E-state index in [-0.39, 0.29) is 6.10 Å². The van der Waals surface area contributed by atoms with E-state index < -0.39 is 0 Å². The fourth-order valence-electron chi connectivity index (χ4n) is 2.15. The van der Waals surface area contributed by atoms with Crippen LogP contribution < -0.4 is 0 Å². The minimum absolute atomic E-state index is 0.0538. The molecule has 1 aliphatic carbocycles. The normalized spacial score (nSPS) is 27.6. The van der Waals surface area contributed by atoms with Crippen molar-refractivity contribution in [3.05, 3.63) is 12.2 Å². The molecule has 82 valence electrons. The molecule has 0 radical (unpaired) electrons. The van der Waals surface area contributed by atoms with Gasteiger partial charge in [0.2, 0.25) is 0 Å². The molecule has 0 aromatic heterocycles. The molecule has 2 atom stereocenters. The van der Waals surface area contributed by atoms with Crippen LogP contribution in [-0.2, 0) is 0 Å². The van der Waals surface area contributed by atoms with Gasteiger partial charge < -0.3 is 5.11 Å². The van der Waals surface area contributed by atoms with Gasteiger partial charge in [-0.25, -0.2) is 0 Å². The number of hydrogen-bond acceptors (Lipinski definition) is 1. The molecule has 1 heteroatoms. The van der Waals surface area contributed by atoms with Crippen LogP contribution in [0.2, 0.25) is 0 Å². The topological polar surface area (TPSA) is 20.2 Å². The van der Waals surface area contributed by atoms with Crippen molar-refractivity contribution in [3.63, 3.8) is 0 Å². The highest BCUT2D eigenvalue weighted by Gasteiger charge is 2.21. The van der Waals surface area contributed by atoms with Crippen molar-refractivity contribution in [3.8, 4) is 0 Å². The lowest BCUT2D eigenvalue weighted by atomic mass is 10.0.